The summed E-state index contributed by atoms with van der Waals surface area (Å²) in [5.74, 6) is -0.590. The molecule has 2 aromatic carbocycles. The van der Waals surface area contributed by atoms with Crippen LogP contribution in [0.1, 0.15) is 18.4 Å². The molecule has 2 rings (SSSR count). The van der Waals surface area contributed by atoms with E-state index in [4.69, 9.17) is 9.47 Å². The van der Waals surface area contributed by atoms with Gasteiger partial charge in [-0.3, -0.25) is 9.59 Å². The van der Waals surface area contributed by atoms with Crippen LogP contribution in [0, 0.1) is 12.7 Å². The van der Waals surface area contributed by atoms with Gasteiger partial charge >= 0.3 is 5.97 Å². The number of ether oxygens (including phenoxy) is 2. The third-order valence-electron chi connectivity index (χ3n) is 3.31. The van der Waals surface area contributed by atoms with Crippen LogP contribution in [0.25, 0.3) is 0 Å². The number of esters is 1. The van der Waals surface area contributed by atoms with Crippen molar-refractivity contribution in [3.8, 4) is 5.75 Å². The van der Waals surface area contributed by atoms with Gasteiger partial charge < -0.3 is 14.8 Å². The van der Waals surface area contributed by atoms with E-state index < -0.39 is 17.7 Å². The minimum Gasteiger partial charge on any atom is -0.494 e. The first kappa shape index (κ1) is 18.4. The molecule has 1 amide bonds. The van der Waals surface area contributed by atoms with Crippen molar-refractivity contribution < 1.29 is 23.5 Å². The zero-order chi connectivity index (χ0) is 18.1. The molecule has 0 radical (unpaired) electrons. The Morgan fingerprint density at radius 1 is 1.04 bits per heavy atom. The van der Waals surface area contributed by atoms with Gasteiger partial charge in [0.05, 0.1) is 6.61 Å². The molecule has 1 N–H and O–H groups in total. The summed E-state index contributed by atoms with van der Waals surface area (Å²) in [6.45, 7) is 2.00. The van der Waals surface area contributed by atoms with Gasteiger partial charge in [0, 0.05) is 12.1 Å². The van der Waals surface area contributed by atoms with Gasteiger partial charge in [-0.05, 0) is 49.7 Å². The molecule has 0 aliphatic heterocycles. The Morgan fingerprint density at radius 2 is 1.72 bits per heavy atom. The molecule has 2 aromatic rings. The molecular weight excluding hydrogens is 325 g/mol. The van der Waals surface area contributed by atoms with Gasteiger partial charge in [0.1, 0.15) is 11.6 Å². The molecule has 0 aliphatic carbocycles. The first-order valence-electron chi connectivity index (χ1n) is 7.93. The summed E-state index contributed by atoms with van der Waals surface area (Å²) < 4.78 is 23.2. The van der Waals surface area contributed by atoms with Crippen molar-refractivity contribution in [3.63, 3.8) is 0 Å². The first-order valence-corrected chi connectivity index (χ1v) is 7.93. The highest BCUT2D eigenvalue weighted by Crippen LogP contribution is 2.12. The quantitative estimate of drug-likeness (QED) is 0.588. The summed E-state index contributed by atoms with van der Waals surface area (Å²) in [4.78, 5) is 23.2. The van der Waals surface area contributed by atoms with E-state index in [2.05, 4.69) is 5.32 Å². The first-order chi connectivity index (χ1) is 12.0. The molecule has 0 saturated heterocycles. The number of rotatable bonds is 8. The van der Waals surface area contributed by atoms with E-state index in [0.29, 0.717) is 18.7 Å². The second kappa shape index (κ2) is 9.42. The fraction of sp³-hybridized carbons (Fsp3) is 0.263. The lowest BCUT2D eigenvalue weighted by Crippen LogP contribution is -2.21. The van der Waals surface area contributed by atoms with Crippen LogP contribution in [-0.4, -0.2) is 25.1 Å². The number of hydrogen-bond acceptors (Lipinski definition) is 4. The van der Waals surface area contributed by atoms with Gasteiger partial charge in [-0.15, -0.1) is 0 Å². The summed E-state index contributed by atoms with van der Waals surface area (Å²) >= 11 is 0. The zero-order valence-electron chi connectivity index (χ0n) is 14.0. The molecule has 0 fully saturated rings. The molecular formula is C19H20FNO4. The maximum atomic E-state index is 12.8. The van der Waals surface area contributed by atoms with E-state index in [1.807, 2.05) is 31.2 Å². The highest BCUT2D eigenvalue weighted by molar-refractivity contribution is 5.92. The predicted molar refractivity (Wildman–Crippen MR) is 91.9 cm³/mol. The van der Waals surface area contributed by atoms with Crippen LogP contribution in [-0.2, 0) is 14.3 Å². The maximum absolute atomic E-state index is 12.8. The monoisotopic (exact) mass is 345 g/mol. The van der Waals surface area contributed by atoms with Crippen molar-refractivity contribution in [3.05, 3.63) is 59.9 Å². The lowest BCUT2D eigenvalue weighted by atomic mass is 10.2. The summed E-state index contributed by atoms with van der Waals surface area (Å²) in [5.41, 5.74) is 1.59. The molecule has 6 heteroatoms. The number of carbonyl (C=O) groups excluding carboxylic acids is 2. The fourth-order valence-electron chi connectivity index (χ4n) is 1.99. The van der Waals surface area contributed by atoms with Gasteiger partial charge in [0.2, 0.25) is 0 Å². The van der Waals surface area contributed by atoms with Crippen LogP contribution in [0.2, 0.25) is 0 Å². The number of hydrogen-bond donors (Lipinski definition) is 1. The van der Waals surface area contributed by atoms with E-state index in [1.54, 1.807) is 0 Å². The van der Waals surface area contributed by atoms with Crippen molar-refractivity contribution in [1.82, 2.24) is 0 Å². The second-order valence-electron chi connectivity index (χ2n) is 5.48. The molecule has 25 heavy (non-hydrogen) atoms. The van der Waals surface area contributed by atoms with Crippen LogP contribution in [0.5, 0.6) is 5.75 Å². The molecule has 0 unspecified atom stereocenters. The average Bonchev–Trinajstić information content (AvgIpc) is 2.60. The molecule has 0 aliphatic rings. The number of carbonyl (C=O) groups is 2. The summed E-state index contributed by atoms with van der Waals surface area (Å²) in [6.07, 6.45) is 0.655. The molecule has 0 atom stereocenters. The molecule has 0 bridgehead atoms. The number of amides is 1. The highest BCUT2D eigenvalue weighted by Gasteiger charge is 2.08. The molecule has 5 nitrogen and oxygen atoms in total. The largest absolute Gasteiger partial charge is 0.494 e. The van der Waals surface area contributed by atoms with Gasteiger partial charge in [0.25, 0.3) is 5.91 Å². The number of nitrogens with one attached hydrogen (secondary N) is 1. The molecule has 0 heterocycles. The smallest absolute Gasteiger partial charge is 0.306 e. The molecule has 0 aromatic heterocycles. The van der Waals surface area contributed by atoms with Crippen molar-refractivity contribution in [2.75, 3.05) is 18.5 Å². The molecule has 0 saturated carbocycles. The topological polar surface area (TPSA) is 64.6 Å². The standard InChI is InChI=1S/C19H20FNO4/c1-14-4-10-17(11-5-14)24-12-2-3-19(23)25-13-18(22)21-16-8-6-15(20)7-9-16/h4-11H,2-3,12-13H2,1H3,(H,21,22). The Morgan fingerprint density at radius 3 is 2.40 bits per heavy atom. The van der Waals surface area contributed by atoms with E-state index in [-0.39, 0.29) is 13.0 Å². The van der Waals surface area contributed by atoms with E-state index in [9.17, 15) is 14.0 Å². The van der Waals surface area contributed by atoms with Crippen LogP contribution in [0.15, 0.2) is 48.5 Å². The van der Waals surface area contributed by atoms with Crippen molar-refractivity contribution >= 4 is 17.6 Å². The zero-order valence-corrected chi connectivity index (χ0v) is 14.0. The number of halogens is 1. The predicted octanol–water partition coefficient (Wildman–Crippen LogP) is 3.48. The molecule has 0 spiro atoms. The van der Waals surface area contributed by atoms with Crippen molar-refractivity contribution in [2.45, 2.75) is 19.8 Å². The minimum absolute atomic E-state index is 0.162. The fourth-order valence-corrected chi connectivity index (χ4v) is 1.99. The van der Waals surface area contributed by atoms with E-state index >= 15 is 0 Å². The third-order valence-corrected chi connectivity index (χ3v) is 3.31. The van der Waals surface area contributed by atoms with Crippen molar-refractivity contribution in [1.29, 1.82) is 0 Å². The third kappa shape index (κ3) is 7.03. The minimum atomic E-state index is -0.476. The lowest BCUT2D eigenvalue weighted by Gasteiger charge is -2.08. The van der Waals surface area contributed by atoms with Gasteiger partial charge in [-0.2, -0.15) is 0 Å². The van der Waals surface area contributed by atoms with Crippen LogP contribution in [0.3, 0.4) is 0 Å². The Hall–Kier alpha value is -2.89. The van der Waals surface area contributed by atoms with Gasteiger partial charge in [0.15, 0.2) is 6.61 Å². The normalized spacial score (nSPS) is 10.2. The lowest BCUT2D eigenvalue weighted by molar-refractivity contribution is -0.147. The second-order valence-corrected chi connectivity index (χ2v) is 5.48. The Bertz CT molecular complexity index is 698. The van der Waals surface area contributed by atoms with Gasteiger partial charge in [-0.25, -0.2) is 4.39 Å². The van der Waals surface area contributed by atoms with Crippen LogP contribution in [0.4, 0.5) is 10.1 Å². The van der Waals surface area contributed by atoms with E-state index in [1.165, 1.54) is 24.3 Å². The van der Waals surface area contributed by atoms with Crippen molar-refractivity contribution in [2.24, 2.45) is 0 Å². The average molecular weight is 345 g/mol. The molecule has 132 valence electrons. The van der Waals surface area contributed by atoms with Crippen LogP contribution < -0.4 is 10.1 Å². The maximum Gasteiger partial charge on any atom is 0.306 e. The van der Waals surface area contributed by atoms with E-state index in [0.717, 1.165) is 11.3 Å². The van der Waals surface area contributed by atoms with Gasteiger partial charge in [-0.1, -0.05) is 17.7 Å². The summed E-state index contributed by atoms with van der Waals surface area (Å²) in [7, 11) is 0. The summed E-state index contributed by atoms with van der Waals surface area (Å²) in [6, 6.07) is 13.0. The Labute approximate surface area is 145 Å². The SMILES string of the molecule is Cc1ccc(OCCCC(=O)OCC(=O)Nc2ccc(F)cc2)cc1. The number of benzene rings is 2. The Kier molecular flexibility index (Phi) is 6.95. The number of anilines is 1. The number of aryl methyl sites for hydroxylation is 1. The Balaban J connectivity index is 1.59. The highest BCUT2D eigenvalue weighted by atomic mass is 19.1. The van der Waals surface area contributed by atoms with Crippen LogP contribution >= 0.6 is 0 Å². The summed E-state index contributed by atoms with van der Waals surface area (Å²) in [5, 5.41) is 2.51.